The van der Waals surface area contributed by atoms with E-state index in [1.165, 1.54) is 0 Å². The minimum Gasteiger partial charge on any atom is -0.203 e. The van der Waals surface area contributed by atoms with Crippen molar-refractivity contribution in [1.82, 2.24) is 0 Å². The van der Waals surface area contributed by atoms with Crippen molar-refractivity contribution in [3.63, 3.8) is 0 Å². The zero-order chi connectivity index (χ0) is 12.5. The van der Waals surface area contributed by atoms with Crippen molar-refractivity contribution in [1.29, 1.82) is 0 Å². The van der Waals surface area contributed by atoms with Crippen molar-refractivity contribution in [3.8, 4) is 0 Å². The molecule has 0 spiro atoms. The number of hydrogen-bond donors (Lipinski definition) is 0. The molecule has 0 amide bonds. The van der Waals surface area contributed by atoms with Gasteiger partial charge in [-0.3, -0.25) is 0 Å². The first-order chi connectivity index (χ1) is 7.41. The van der Waals surface area contributed by atoms with Crippen molar-refractivity contribution in [2.45, 2.75) is 13.3 Å². The van der Waals surface area contributed by atoms with Gasteiger partial charge in [-0.2, -0.15) is 0 Å². The number of benzene rings is 1. The Kier molecular flexibility index (Phi) is 3.91. The zero-order valence-corrected chi connectivity index (χ0v) is 8.81. The minimum absolute atomic E-state index is 0.304. The second kappa shape index (κ2) is 4.82. The summed E-state index contributed by atoms with van der Waals surface area (Å²) in [5.74, 6) is -10.1. The molecule has 0 aliphatic carbocycles. The van der Waals surface area contributed by atoms with E-state index in [0.717, 1.165) is 6.08 Å². The van der Waals surface area contributed by atoms with E-state index < -0.39 is 39.7 Å². The summed E-state index contributed by atoms with van der Waals surface area (Å²) in [5, 5.41) is -0.504. The van der Waals surface area contributed by atoms with E-state index in [1.807, 2.05) is 0 Å². The van der Waals surface area contributed by atoms with Gasteiger partial charge in [0, 0.05) is 5.03 Å². The molecule has 0 nitrogen and oxygen atoms in total. The smallest absolute Gasteiger partial charge is 0.200 e. The van der Waals surface area contributed by atoms with Gasteiger partial charge in [0.1, 0.15) is 0 Å². The predicted octanol–water partition coefficient (Wildman–Crippen LogP) is 4.37. The van der Waals surface area contributed by atoms with Gasteiger partial charge in [0.05, 0.1) is 5.56 Å². The molecule has 0 aliphatic heterocycles. The van der Waals surface area contributed by atoms with Gasteiger partial charge in [-0.25, -0.2) is 22.0 Å². The van der Waals surface area contributed by atoms with Crippen LogP contribution in [-0.4, -0.2) is 0 Å². The van der Waals surface area contributed by atoms with Gasteiger partial charge in [0.2, 0.25) is 5.82 Å². The van der Waals surface area contributed by atoms with Gasteiger partial charge >= 0.3 is 0 Å². The Bertz CT molecular complexity index is 424. The fourth-order valence-corrected chi connectivity index (χ4v) is 1.42. The van der Waals surface area contributed by atoms with Crippen LogP contribution in [0, 0.1) is 29.1 Å². The van der Waals surface area contributed by atoms with Crippen molar-refractivity contribution in [2.24, 2.45) is 0 Å². The number of allylic oxidation sites excluding steroid dienone is 1. The van der Waals surface area contributed by atoms with E-state index in [9.17, 15) is 22.0 Å². The lowest BCUT2D eigenvalue weighted by Gasteiger charge is -2.06. The molecular weight excluding hydrogens is 251 g/mol. The molecule has 0 aromatic heterocycles. The van der Waals surface area contributed by atoms with Crippen LogP contribution in [0.5, 0.6) is 0 Å². The Morgan fingerprint density at radius 3 is 1.69 bits per heavy atom. The lowest BCUT2D eigenvalue weighted by atomic mass is 10.1. The van der Waals surface area contributed by atoms with Crippen LogP contribution in [0.2, 0.25) is 0 Å². The highest BCUT2D eigenvalue weighted by atomic mass is 35.5. The fourth-order valence-electron chi connectivity index (χ4n) is 1.10. The molecule has 0 saturated carbocycles. The normalized spacial score (nSPS) is 12.1. The fraction of sp³-hybridized carbons (Fsp3) is 0.200. The van der Waals surface area contributed by atoms with E-state index >= 15 is 0 Å². The molecular formula is C10H6ClF5. The van der Waals surface area contributed by atoms with Crippen molar-refractivity contribution >= 4 is 16.6 Å². The first-order valence-corrected chi connectivity index (χ1v) is 4.67. The second-order valence-electron chi connectivity index (χ2n) is 2.91. The Morgan fingerprint density at radius 1 is 0.938 bits per heavy atom. The Morgan fingerprint density at radius 2 is 1.31 bits per heavy atom. The maximum absolute atomic E-state index is 13.1. The average Bonchev–Trinajstić information content (AvgIpc) is 2.24. The van der Waals surface area contributed by atoms with Crippen molar-refractivity contribution < 1.29 is 22.0 Å². The molecule has 0 aliphatic rings. The summed E-state index contributed by atoms with van der Waals surface area (Å²) in [6, 6.07) is 0. The molecule has 1 rings (SSSR count). The first kappa shape index (κ1) is 13.0. The van der Waals surface area contributed by atoms with Gasteiger partial charge in [-0.05, 0) is 6.42 Å². The maximum Gasteiger partial charge on any atom is 0.200 e. The third kappa shape index (κ3) is 2.04. The number of rotatable bonds is 2. The van der Waals surface area contributed by atoms with E-state index in [2.05, 4.69) is 0 Å². The van der Waals surface area contributed by atoms with Crippen LogP contribution in [0.25, 0.3) is 5.03 Å². The monoisotopic (exact) mass is 256 g/mol. The van der Waals surface area contributed by atoms with E-state index in [4.69, 9.17) is 11.6 Å². The van der Waals surface area contributed by atoms with Gasteiger partial charge in [0.15, 0.2) is 23.3 Å². The summed E-state index contributed by atoms with van der Waals surface area (Å²) >= 11 is 5.44. The van der Waals surface area contributed by atoms with Crippen molar-refractivity contribution in [3.05, 3.63) is 40.7 Å². The van der Waals surface area contributed by atoms with Crippen LogP contribution in [0.15, 0.2) is 6.08 Å². The van der Waals surface area contributed by atoms with Crippen LogP contribution in [-0.2, 0) is 0 Å². The molecule has 0 N–H and O–H groups in total. The molecule has 0 heterocycles. The molecule has 1 aromatic carbocycles. The molecule has 88 valence electrons. The second-order valence-corrected chi connectivity index (χ2v) is 3.31. The van der Waals surface area contributed by atoms with E-state index in [1.54, 1.807) is 6.92 Å². The summed E-state index contributed by atoms with van der Waals surface area (Å²) in [6.07, 6.45) is 1.46. The molecule has 0 atom stereocenters. The highest BCUT2D eigenvalue weighted by Crippen LogP contribution is 2.30. The summed E-state index contributed by atoms with van der Waals surface area (Å²) in [7, 11) is 0. The van der Waals surface area contributed by atoms with E-state index in [0.29, 0.717) is 6.42 Å². The molecule has 0 unspecified atom stereocenters. The third-order valence-electron chi connectivity index (χ3n) is 1.83. The van der Waals surface area contributed by atoms with Gasteiger partial charge in [0.25, 0.3) is 0 Å². The van der Waals surface area contributed by atoms with Gasteiger partial charge < -0.3 is 0 Å². The van der Waals surface area contributed by atoms with Crippen LogP contribution in [0.3, 0.4) is 0 Å². The molecule has 0 fully saturated rings. The molecule has 16 heavy (non-hydrogen) atoms. The summed E-state index contributed by atoms with van der Waals surface area (Å²) in [6.45, 7) is 1.61. The first-order valence-electron chi connectivity index (χ1n) is 4.29. The minimum atomic E-state index is -2.19. The number of halogens is 6. The van der Waals surface area contributed by atoms with E-state index in [-0.39, 0.29) is 0 Å². The molecule has 0 bridgehead atoms. The Hall–Kier alpha value is -1.10. The molecule has 0 saturated heterocycles. The summed E-state index contributed by atoms with van der Waals surface area (Å²) in [4.78, 5) is 0. The summed E-state index contributed by atoms with van der Waals surface area (Å²) < 4.78 is 64.4. The largest absolute Gasteiger partial charge is 0.203 e. The molecule has 0 radical (unpaired) electrons. The average molecular weight is 257 g/mol. The van der Waals surface area contributed by atoms with Gasteiger partial charge in [-0.1, -0.05) is 24.6 Å². The van der Waals surface area contributed by atoms with Gasteiger partial charge in [-0.15, -0.1) is 0 Å². The Balaban J connectivity index is 3.58. The maximum atomic E-state index is 13.1. The number of hydrogen-bond acceptors (Lipinski definition) is 0. The molecule has 6 heteroatoms. The lowest BCUT2D eigenvalue weighted by Crippen LogP contribution is -2.05. The third-order valence-corrected chi connectivity index (χ3v) is 2.18. The summed E-state index contributed by atoms with van der Waals surface area (Å²) in [5.41, 5.74) is -1.10. The van der Waals surface area contributed by atoms with Crippen molar-refractivity contribution in [2.75, 3.05) is 0 Å². The quantitative estimate of drug-likeness (QED) is 0.419. The van der Waals surface area contributed by atoms with Crippen LogP contribution < -0.4 is 0 Å². The topological polar surface area (TPSA) is 0 Å². The highest BCUT2D eigenvalue weighted by molar-refractivity contribution is 6.48. The van der Waals surface area contributed by atoms with Crippen LogP contribution in [0.4, 0.5) is 22.0 Å². The zero-order valence-electron chi connectivity index (χ0n) is 8.05. The SMILES string of the molecule is CCC=C(Cl)c1c(F)c(F)c(F)c(F)c1F. The van der Waals surface area contributed by atoms with Crippen LogP contribution in [0.1, 0.15) is 18.9 Å². The Labute approximate surface area is 93.3 Å². The standard InChI is InChI=1S/C10H6ClF5/c1-2-3-4(11)5-6(12)8(14)10(16)9(15)7(5)13/h3H,2H2,1H3. The predicted molar refractivity (Wildman–Crippen MR) is 50.4 cm³/mol. The highest BCUT2D eigenvalue weighted by Gasteiger charge is 2.26. The molecule has 1 aromatic rings. The van der Waals surface area contributed by atoms with Crippen LogP contribution >= 0.6 is 11.6 Å². The lowest BCUT2D eigenvalue weighted by molar-refractivity contribution is 0.376.